The summed E-state index contributed by atoms with van der Waals surface area (Å²) in [5.41, 5.74) is 9.63. The van der Waals surface area contributed by atoms with Gasteiger partial charge in [0, 0.05) is 23.5 Å². The molecule has 0 atom stereocenters. The van der Waals surface area contributed by atoms with Crippen molar-refractivity contribution >= 4 is 16.9 Å². The highest BCUT2D eigenvalue weighted by molar-refractivity contribution is 5.78. The van der Waals surface area contributed by atoms with Crippen molar-refractivity contribution in [1.29, 1.82) is 0 Å². The van der Waals surface area contributed by atoms with Crippen LogP contribution in [0, 0.1) is 0 Å². The van der Waals surface area contributed by atoms with E-state index in [0.717, 1.165) is 28.2 Å². The van der Waals surface area contributed by atoms with Gasteiger partial charge in [-0.25, -0.2) is 9.97 Å². The zero-order valence-electron chi connectivity index (χ0n) is 10.5. The summed E-state index contributed by atoms with van der Waals surface area (Å²) in [7, 11) is 0. The van der Waals surface area contributed by atoms with Crippen LogP contribution in [0.1, 0.15) is 18.9 Å². The van der Waals surface area contributed by atoms with Crippen LogP contribution < -0.4 is 5.73 Å². The zero-order valence-corrected chi connectivity index (χ0v) is 10.5. The van der Waals surface area contributed by atoms with Crippen molar-refractivity contribution in [3.63, 3.8) is 0 Å². The summed E-state index contributed by atoms with van der Waals surface area (Å²) in [5, 5.41) is 0. The fraction of sp³-hybridized carbons (Fsp3) is 0.200. The predicted molar refractivity (Wildman–Crippen MR) is 75.6 cm³/mol. The van der Waals surface area contributed by atoms with Crippen LogP contribution in [0.5, 0.6) is 0 Å². The van der Waals surface area contributed by atoms with Gasteiger partial charge in [-0.15, -0.1) is 0 Å². The van der Waals surface area contributed by atoms with Crippen LogP contribution in [-0.2, 0) is 0 Å². The molecule has 0 radical (unpaired) electrons. The molecule has 1 saturated carbocycles. The van der Waals surface area contributed by atoms with Crippen molar-refractivity contribution in [3.8, 4) is 11.4 Å². The van der Waals surface area contributed by atoms with Crippen molar-refractivity contribution in [2.24, 2.45) is 0 Å². The molecule has 0 amide bonds. The number of rotatable bonds is 2. The van der Waals surface area contributed by atoms with Crippen LogP contribution in [0.15, 0.2) is 42.6 Å². The molecule has 2 N–H and O–H groups in total. The minimum Gasteiger partial charge on any atom is -0.399 e. The van der Waals surface area contributed by atoms with Gasteiger partial charge < -0.3 is 10.3 Å². The van der Waals surface area contributed by atoms with Crippen molar-refractivity contribution < 1.29 is 0 Å². The quantitative estimate of drug-likeness (QED) is 0.711. The first-order valence-electron chi connectivity index (χ1n) is 6.52. The number of pyridine rings is 1. The van der Waals surface area contributed by atoms with E-state index in [0.29, 0.717) is 6.04 Å². The number of aromatic nitrogens is 3. The van der Waals surface area contributed by atoms with Crippen LogP contribution in [-0.4, -0.2) is 14.5 Å². The number of hydrogen-bond donors (Lipinski definition) is 1. The summed E-state index contributed by atoms with van der Waals surface area (Å²) in [6, 6.07) is 12.4. The van der Waals surface area contributed by atoms with Gasteiger partial charge in [0.2, 0.25) is 0 Å². The Labute approximate surface area is 110 Å². The molecule has 4 rings (SSSR count). The molecule has 0 spiro atoms. The fourth-order valence-electron chi connectivity index (χ4n) is 2.49. The molecule has 0 bridgehead atoms. The van der Waals surface area contributed by atoms with Gasteiger partial charge in [0.25, 0.3) is 0 Å². The van der Waals surface area contributed by atoms with E-state index in [1.807, 2.05) is 36.5 Å². The first kappa shape index (κ1) is 10.6. The summed E-state index contributed by atoms with van der Waals surface area (Å²) >= 11 is 0. The monoisotopic (exact) mass is 250 g/mol. The molecule has 0 aliphatic heterocycles. The molecule has 1 aromatic carbocycles. The van der Waals surface area contributed by atoms with Crippen LogP contribution >= 0.6 is 0 Å². The van der Waals surface area contributed by atoms with Crippen molar-refractivity contribution in [1.82, 2.24) is 14.5 Å². The third kappa shape index (κ3) is 1.68. The molecule has 0 unspecified atom stereocenters. The lowest BCUT2D eigenvalue weighted by Gasteiger charge is -2.07. The highest BCUT2D eigenvalue weighted by atomic mass is 15.2. The summed E-state index contributed by atoms with van der Waals surface area (Å²) in [4.78, 5) is 9.21. The molecule has 4 nitrogen and oxygen atoms in total. The van der Waals surface area contributed by atoms with Crippen molar-refractivity contribution in [2.45, 2.75) is 18.9 Å². The van der Waals surface area contributed by atoms with Gasteiger partial charge in [0.15, 0.2) is 5.65 Å². The van der Waals surface area contributed by atoms with Gasteiger partial charge in [0.1, 0.15) is 11.3 Å². The number of hydrogen-bond acceptors (Lipinski definition) is 3. The van der Waals surface area contributed by atoms with E-state index < -0.39 is 0 Å². The Morgan fingerprint density at radius 3 is 2.84 bits per heavy atom. The third-order valence-electron chi connectivity index (χ3n) is 3.51. The molecule has 0 saturated heterocycles. The van der Waals surface area contributed by atoms with Gasteiger partial charge in [-0.3, -0.25) is 0 Å². The number of nitrogen functional groups attached to an aromatic ring is 1. The second-order valence-electron chi connectivity index (χ2n) is 5.01. The first-order chi connectivity index (χ1) is 9.33. The highest BCUT2D eigenvalue weighted by Crippen LogP contribution is 2.40. The SMILES string of the molecule is Nc1cccc(-c2nc3cccnc3n2C2CC2)c1. The van der Waals surface area contributed by atoms with E-state index in [-0.39, 0.29) is 0 Å². The van der Waals surface area contributed by atoms with Crippen LogP contribution in [0.4, 0.5) is 5.69 Å². The maximum absolute atomic E-state index is 5.88. The highest BCUT2D eigenvalue weighted by Gasteiger charge is 2.29. The van der Waals surface area contributed by atoms with E-state index in [4.69, 9.17) is 10.7 Å². The molecule has 1 aliphatic carbocycles. The molecular weight excluding hydrogens is 236 g/mol. The van der Waals surface area contributed by atoms with Crippen LogP contribution in [0.2, 0.25) is 0 Å². The summed E-state index contributed by atoms with van der Waals surface area (Å²) < 4.78 is 2.25. The first-order valence-corrected chi connectivity index (χ1v) is 6.52. The average Bonchev–Trinajstić information content (AvgIpc) is 3.18. The van der Waals surface area contributed by atoms with E-state index >= 15 is 0 Å². The maximum Gasteiger partial charge on any atom is 0.160 e. The summed E-state index contributed by atoms with van der Waals surface area (Å²) in [5.74, 6) is 0.975. The zero-order chi connectivity index (χ0) is 12.8. The van der Waals surface area contributed by atoms with Crippen molar-refractivity contribution in [3.05, 3.63) is 42.6 Å². The van der Waals surface area contributed by atoms with Gasteiger partial charge in [-0.05, 0) is 37.1 Å². The maximum atomic E-state index is 5.88. The Kier molecular flexibility index (Phi) is 2.12. The number of nitrogens with two attached hydrogens (primary N) is 1. The minimum atomic E-state index is 0.538. The molecular formula is C15H14N4. The number of benzene rings is 1. The Morgan fingerprint density at radius 1 is 1.16 bits per heavy atom. The Bertz CT molecular complexity index is 756. The standard InChI is InChI=1S/C15H14N4/c16-11-4-1-3-10(9-11)14-18-13-5-2-8-17-15(13)19(14)12-6-7-12/h1-5,8-9,12H,6-7,16H2. The molecule has 3 aromatic rings. The Hall–Kier alpha value is -2.36. The molecule has 94 valence electrons. The van der Waals surface area contributed by atoms with E-state index in [9.17, 15) is 0 Å². The number of nitrogens with zero attached hydrogens (tertiary/aromatic N) is 3. The lowest BCUT2D eigenvalue weighted by atomic mass is 10.2. The average molecular weight is 250 g/mol. The van der Waals surface area contributed by atoms with E-state index in [1.165, 1.54) is 12.8 Å². The normalized spacial score (nSPS) is 14.9. The minimum absolute atomic E-state index is 0.538. The topological polar surface area (TPSA) is 56.7 Å². The molecule has 19 heavy (non-hydrogen) atoms. The third-order valence-corrected chi connectivity index (χ3v) is 3.51. The van der Waals surface area contributed by atoms with Gasteiger partial charge in [-0.1, -0.05) is 12.1 Å². The molecule has 4 heteroatoms. The van der Waals surface area contributed by atoms with Crippen LogP contribution in [0.3, 0.4) is 0 Å². The second kappa shape index (κ2) is 3.82. The van der Waals surface area contributed by atoms with E-state index in [1.54, 1.807) is 0 Å². The Morgan fingerprint density at radius 2 is 2.05 bits per heavy atom. The van der Waals surface area contributed by atoms with Crippen LogP contribution in [0.25, 0.3) is 22.6 Å². The lowest BCUT2D eigenvalue weighted by molar-refractivity contribution is 0.766. The van der Waals surface area contributed by atoms with Gasteiger partial charge >= 0.3 is 0 Å². The smallest absolute Gasteiger partial charge is 0.160 e. The molecule has 1 fully saturated rings. The summed E-state index contributed by atoms with van der Waals surface area (Å²) in [6.07, 6.45) is 4.24. The molecule has 1 aliphatic rings. The number of anilines is 1. The Balaban J connectivity index is 2.00. The fourth-order valence-corrected chi connectivity index (χ4v) is 2.49. The van der Waals surface area contributed by atoms with E-state index in [2.05, 4.69) is 15.6 Å². The molecule has 2 heterocycles. The van der Waals surface area contributed by atoms with Gasteiger partial charge in [0.05, 0.1) is 0 Å². The second-order valence-corrected chi connectivity index (χ2v) is 5.01. The lowest BCUT2D eigenvalue weighted by Crippen LogP contribution is -1.98. The number of imidazole rings is 1. The molecule has 2 aromatic heterocycles. The number of fused-ring (bicyclic) bond motifs is 1. The predicted octanol–water partition coefficient (Wildman–Crippen LogP) is 3.02. The van der Waals surface area contributed by atoms with Gasteiger partial charge in [-0.2, -0.15) is 0 Å². The summed E-state index contributed by atoms with van der Waals surface area (Å²) in [6.45, 7) is 0. The van der Waals surface area contributed by atoms with Crippen molar-refractivity contribution in [2.75, 3.05) is 5.73 Å². The largest absolute Gasteiger partial charge is 0.399 e.